The molecule has 0 unspecified atom stereocenters. The van der Waals surface area contributed by atoms with Crippen LogP contribution in [0.15, 0.2) is 36.4 Å². The van der Waals surface area contributed by atoms with Crippen molar-refractivity contribution in [3.8, 4) is 5.75 Å². The van der Waals surface area contributed by atoms with Crippen molar-refractivity contribution in [2.24, 2.45) is 0 Å². The predicted molar refractivity (Wildman–Crippen MR) is 89.8 cm³/mol. The monoisotopic (exact) mass is 367 g/mol. The fourth-order valence-electron chi connectivity index (χ4n) is 2.25. The van der Waals surface area contributed by atoms with Crippen LogP contribution in [0.5, 0.6) is 5.75 Å². The van der Waals surface area contributed by atoms with Gasteiger partial charge >= 0.3 is 5.69 Å². The van der Waals surface area contributed by atoms with Crippen molar-refractivity contribution >= 4 is 5.69 Å². The lowest BCUT2D eigenvalue weighted by Gasteiger charge is -2.08. The minimum absolute atomic E-state index is 0.0292. The standard InChI is InChI=1S/C18H19F2NO5/c19-15-4-5-16(20)14(10-15)12-25-7-1-2-8-26-18-6-3-13(11-22)9-17(18)21(23)24/h3-6,9-10,22H,1-2,7-8,11-12H2. The predicted octanol–water partition coefficient (Wildman–Crippen LogP) is 3.74. The Morgan fingerprint density at radius 1 is 1.08 bits per heavy atom. The van der Waals surface area contributed by atoms with E-state index in [4.69, 9.17) is 14.6 Å². The van der Waals surface area contributed by atoms with Gasteiger partial charge in [0, 0.05) is 18.2 Å². The van der Waals surface area contributed by atoms with E-state index in [2.05, 4.69) is 0 Å². The Balaban J connectivity index is 1.71. The maximum Gasteiger partial charge on any atom is 0.311 e. The van der Waals surface area contributed by atoms with E-state index in [1.165, 1.54) is 12.1 Å². The van der Waals surface area contributed by atoms with Gasteiger partial charge < -0.3 is 14.6 Å². The molecule has 0 aliphatic carbocycles. The molecule has 0 heterocycles. The summed E-state index contributed by atoms with van der Waals surface area (Å²) >= 11 is 0. The smallest absolute Gasteiger partial charge is 0.311 e. The average molecular weight is 367 g/mol. The zero-order valence-corrected chi connectivity index (χ0v) is 14.0. The molecule has 0 saturated heterocycles. The van der Waals surface area contributed by atoms with Crippen molar-refractivity contribution in [2.45, 2.75) is 26.1 Å². The molecule has 0 spiro atoms. The number of nitro benzene ring substituents is 1. The van der Waals surface area contributed by atoms with E-state index in [0.717, 1.165) is 18.2 Å². The number of hydrogen-bond acceptors (Lipinski definition) is 5. The lowest BCUT2D eigenvalue weighted by molar-refractivity contribution is -0.386. The molecule has 0 atom stereocenters. The van der Waals surface area contributed by atoms with Gasteiger partial charge in [-0.25, -0.2) is 8.78 Å². The van der Waals surface area contributed by atoms with Gasteiger partial charge in [-0.3, -0.25) is 10.1 Å². The number of hydrogen-bond donors (Lipinski definition) is 1. The molecule has 2 rings (SSSR count). The normalized spacial score (nSPS) is 10.7. The van der Waals surface area contributed by atoms with Gasteiger partial charge in [-0.2, -0.15) is 0 Å². The molecule has 0 fully saturated rings. The van der Waals surface area contributed by atoms with Gasteiger partial charge in [0.2, 0.25) is 0 Å². The van der Waals surface area contributed by atoms with E-state index < -0.39 is 16.6 Å². The van der Waals surface area contributed by atoms with Crippen LogP contribution in [0.25, 0.3) is 0 Å². The van der Waals surface area contributed by atoms with Crippen LogP contribution in [-0.4, -0.2) is 23.2 Å². The van der Waals surface area contributed by atoms with Gasteiger partial charge in [0.1, 0.15) is 11.6 Å². The molecule has 6 nitrogen and oxygen atoms in total. The fourth-order valence-corrected chi connectivity index (χ4v) is 2.25. The van der Waals surface area contributed by atoms with Gasteiger partial charge in [0.25, 0.3) is 0 Å². The van der Waals surface area contributed by atoms with Crippen molar-refractivity contribution in [2.75, 3.05) is 13.2 Å². The second-order valence-corrected chi connectivity index (χ2v) is 5.56. The maximum absolute atomic E-state index is 13.4. The molecule has 26 heavy (non-hydrogen) atoms. The van der Waals surface area contributed by atoms with Crippen LogP contribution in [0, 0.1) is 21.7 Å². The highest BCUT2D eigenvalue weighted by atomic mass is 19.1. The number of aliphatic hydroxyl groups is 1. The molecule has 8 heteroatoms. The number of benzene rings is 2. The molecule has 0 aliphatic rings. The number of aliphatic hydroxyl groups excluding tert-OH is 1. The summed E-state index contributed by atoms with van der Waals surface area (Å²) in [5.41, 5.74) is 0.386. The Hall–Kier alpha value is -2.58. The largest absolute Gasteiger partial charge is 0.487 e. The topological polar surface area (TPSA) is 81.8 Å². The van der Waals surface area contributed by atoms with Crippen LogP contribution >= 0.6 is 0 Å². The minimum Gasteiger partial charge on any atom is -0.487 e. The van der Waals surface area contributed by atoms with E-state index in [1.807, 2.05) is 0 Å². The first kappa shape index (κ1) is 19.7. The zero-order valence-electron chi connectivity index (χ0n) is 14.0. The lowest BCUT2D eigenvalue weighted by atomic mass is 10.2. The van der Waals surface area contributed by atoms with E-state index in [-0.39, 0.29) is 36.8 Å². The highest BCUT2D eigenvalue weighted by molar-refractivity contribution is 5.48. The molecule has 0 aromatic heterocycles. The van der Waals surface area contributed by atoms with E-state index in [0.29, 0.717) is 25.0 Å². The summed E-state index contributed by atoms with van der Waals surface area (Å²) in [6.45, 7) is 0.255. The highest BCUT2D eigenvalue weighted by Gasteiger charge is 2.15. The Morgan fingerprint density at radius 2 is 1.85 bits per heavy atom. The molecule has 0 bridgehead atoms. The first-order valence-electron chi connectivity index (χ1n) is 8.04. The number of halogens is 2. The summed E-state index contributed by atoms with van der Waals surface area (Å²) in [6, 6.07) is 7.46. The van der Waals surface area contributed by atoms with Crippen molar-refractivity contribution < 1.29 is 28.3 Å². The lowest BCUT2D eigenvalue weighted by Crippen LogP contribution is -2.04. The van der Waals surface area contributed by atoms with E-state index in [9.17, 15) is 18.9 Å². The summed E-state index contributed by atoms with van der Waals surface area (Å²) in [6.07, 6.45) is 1.17. The summed E-state index contributed by atoms with van der Waals surface area (Å²) in [5, 5.41) is 20.0. The second-order valence-electron chi connectivity index (χ2n) is 5.56. The van der Waals surface area contributed by atoms with Gasteiger partial charge in [-0.15, -0.1) is 0 Å². The van der Waals surface area contributed by atoms with Gasteiger partial charge in [-0.1, -0.05) is 6.07 Å². The highest BCUT2D eigenvalue weighted by Crippen LogP contribution is 2.28. The molecular weight excluding hydrogens is 348 g/mol. The third-order valence-electron chi connectivity index (χ3n) is 3.61. The average Bonchev–Trinajstić information content (AvgIpc) is 2.63. The number of unbranched alkanes of at least 4 members (excludes halogenated alkanes) is 1. The Morgan fingerprint density at radius 3 is 2.58 bits per heavy atom. The molecule has 0 amide bonds. The van der Waals surface area contributed by atoms with Crippen molar-refractivity contribution in [3.63, 3.8) is 0 Å². The van der Waals surface area contributed by atoms with Crippen LogP contribution in [0.1, 0.15) is 24.0 Å². The molecule has 0 saturated carbocycles. The summed E-state index contributed by atoms with van der Waals surface area (Å²) < 4.78 is 37.1. The first-order chi connectivity index (χ1) is 12.5. The van der Waals surface area contributed by atoms with Crippen molar-refractivity contribution in [3.05, 3.63) is 69.3 Å². The number of nitrogens with zero attached hydrogens (tertiary/aromatic N) is 1. The van der Waals surface area contributed by atoms with Crippen molar-refractivity contribution in [1.82, 2.24) is 0 Å². The third-order valence-corrected chi connectivity index (χ3v) is 3.61. The number of rotatable bonds is 10. The van der Waals surface area contributed by atoms with Crippen LogP contribution in [0.2, 0.25) is 0 Å². The van der Waals surface area contributed by atoms with Crippen LogP contribution in [0.4, 0.5) is 14.5 Å². The molecular formula is C18H19F2NO5. The summed E-state index contributed by atoms with van der Waals surface area (Å²) in [5.74, 6) is -0.907. The number of nitro groups is 1. The Labute approximate surface area is 149 Å². The van der Waals surface area contributed by atoms with Crippen LogP contribution in [-0.2, 0) is 18.0 Å². The zero-order chi connectivity index (χ0) is 18.9. The number of ether oxygens (including phenoxy) is 2. The van der Waals surface area contributed by atoms with Gasteiger partial charge in [-0.05, 0) is 42.7 Å². The van der Waals surface area contributed by atoms with E-state index in [1.54, 1.807) is 6.07 Å². The molecule has 2 aromatic rings. The quantitative estimate of drug-likeness (QED) is 0.393. The second kappa shape index (κ2) is 9.79. The van der Waals surface area contributed by atoms with Gasteiger partial charge in [0.15, 0.2) is 5.75 Å². The molecule has 0 aliphatic heterocycles. The van der Waals surface area contributed by atoms with E-state index >= 15 is 0 Å². The molecule has 1 N–H and O–H groups in total. The van der Waals surface area contributed by atoms with Gasteiger partial charge in [0.05, 0.1) is 24.7 Å². The Kier molecular flexibility index (Phi) is 7.43. The first-order valence-corrected chi connectivity index (χ1v) is 8.04. The fraction of sp³-hybridized carbons (Fsp3) is 0.333. The molecule has 140 valence electrons. The van der Waals surface area contributed by atoms with Crippen molar-refractivity contribution in [1.29, 1.82) is 0 Å². The SMILES string of the molecule is O=[N+]([O-])c1cc(CO)ccc1OCCCCOCc1cc(F)ccc1F. The molecule has 0 radical (unpaired) electrons. The minimum atomic E-state index is -0.564. The molecule has 2 aromatic carbocycles. The summed E-state index contributed by atoms with van der Waals surface area (Å²) in [4.78, 5) is 10.5. The van der Waals surface area contributed by atoms with Crippen LogP contribution < -0.4 is 4.74 Å². The van der Waals surface area contributed by atoms with Crippen LogP contribution in [0.3, 0.4) is 0 Å². The maximum atomic E-state index is 13.4. The third kappa shape index (κ3) is 5.75. The summed E-state index contributed by atoms with van der Waals surface area (Å²) in [7, 11) is 0. The Bertz CT molecular complexity index is 754.